The van der Waals surface area contributed by atoms with E-state index in [1.807, 2.05) is 23.7 Å². The lowest BCUT2D eigenvalue weighted by Crippen LogP contribution is -2.50. The van der Waals surface area contributed by atoms with Crippen LogP contribution in [0.3, 0.4) is 0 Å². The Bertz CT molecular complexity index is 251. The Morgan fingerprint density at radius 3 is 2.88 bits per heavy atom. The third-order valence-electron chi connectivity index (χ3n) is 3.47. The van der Waals surface area contributed by atoms with E-state index in [1.54, 1.807) is 0 Å². The molecule has 2 heterocycles. The Labute approximate surface area is 107 Å². The fourth-order valence-corrected chi connectivity index (χ4v) is 3.32. The molecule has 2 saturated heterocycles. The average molecular weight is 258 g/mol. The summed E-state index contributed by atoms with van der Waals surface area (Å²) in [5.41, 5.74) is 0. The maximum atomic E-state index is 12.2. The van der Waals surface area contributed by atoms with Gasteiger partial charge in [0.15, 0.2) is 0 Å². The Kier molecular flexibility index (Phi) is 5.13. The molecule has 2 aliphatic rings. The summed E-state index contributed by atoms with van der Waals surface area (Å²) in [6, 6.07) is 0.0265. The second-order valence-electron chi connectivity index (χ2n) is 4.86. The fraction of sp³-hybridized carbons (Fsp3) is 0.917. The van der Waals surface area contributed by atoms with E-state index in [0.29, 0.717) is 5.92 Å². The third-order valence-corrected chi connectivity index (χ3v) is 4.53. The van der Waals surface area contributed by atoms with Crippen molar-refractivity contribution in [2.24, 2.45) is 5.92 Å². The van der Waals surface area contributed by atoms with Gasteiger partial charge in [-0.05, 0) is 18.8 Å². The number of carbonyl (C=O) groups excluding carboxylic acids is 1. The largest absolute Gasteiger partial charge is 0.381 e. The van der Waals surface area contributed by atoms with Gasteiger partial charge in [0, 0.05) is 44.9 Å². The standard InChI is InChI=1S/C12H22N2O2S/c1-14(8-10-2-5-16-6-3-10)12(15)11-9-17-7-4-13-11/h10-11,13H,2-9H2,1H3. The zero-order valence-electron chi connectivity index (χ0n) is 10.5. The van der Waals surface area contributed by atoms with Crippen molar-refractivity contribution in [1.82, 2.24) is 10.2 Å². The average Bonchev–Trinajstić information content (AvgIpc) is 2.40. The lowest BCUT2D eigenvalue weighted by Gasteiger charge is -2.31. The van der Waals surface area contributed by atoms with Crippen molar-refractivity contribution < 1.29 is 9.53 Å². The van der Waals surface area contributed by atoms with Crippen molar-refractivity contribution in [3.63, 3.8) is 0 Å². The number of nitrogens with zero attached hydrogens (tertiary/aromatic N) is 1. The lowest BCUT2D eigenvalue weighted by molar-refractivity contribution is -0.132. The molecule has 1 amide bonds. The number of likely N-dealkylation sites (N-methyl/N-ethyl adjacent to an activating group) is 1. The van der Waals surface area contributed by atoms with E-state index in [0.717, 1.165) is 50.7 Å². The van der Waals surface area contributed by atoms with Gasteiger partial charge in [0.05, 0.1) is 6.04 Å². The highest BCUT2D eigenvalue weighted by atomic mass is 32.2. The zero-order chi connectivity index (χ0) is 12.1. The van der Waals surface area contributed by atoms with Crippen LogP contribution in [0.1, 0.15) is 12.8 Å². The minimum atomic E-state index is 0.0265. The second kappa shape index (κ2) is 6.61. The molecule has 0 aliphatic carbocycles. The maximum absolute atomic E-state index is 12.2. The van der Waals surface area contributed by atoms with Crippen LogP contribution in [0.4, 0.5) is 0 Å². The highest BCUT2D eigenvalue weighted by Gasteiger charge is 2.26. The lowest BCUT2D eigenvalue weighted by atomic mass is 10.00. The summed E-state index contributed by atoms with van der Waals surface area (Å²) in [7, 11) is 1.93. The number of amides is 1. The second-order valence-corrected chi connectivity index (χ2v) is 6.01. The summed E-state index contributed by atoms with van der Waals surface area (Å²) in [5.74, 6) is 2.90. The van der Waals surface area contributed by atoms with Crippen LogP contribution in [-0.4, -0.2) is 61.7 Å². The quantitative estimate of drug-likeness (QED) is 0.804. The molecular weight excluding hydrogens is 236 g/mol. The third kappa shape index (κ3) is 3.86. The van der Waals surface area contributed by atoms with Crippen molar-refractivity contribution in [3.8, 4) is 0 Å². The number of carbonyl (C=O) groups is 1. The molecule has 0 aromatic carbocycles. The van der Waals surface area contributed by atoms with Crippen molar-refractivity contribution in [2.75, 3.05) is 44.9 Å². The van der Waals surface area contributed by atoms with Crippen LogP contribution < -0.4 is 5.32 Å². The maximum Gasteiger partial charge on any atom is 0.240 e. The van der Waals surface area contributed by atoms with Crippen molar-refractivity contribution in [1.29, 1.82) is 0 Å². The monoisotopic (exact) mass is 258 g/mol. The van der Waals surface area contributed by atoms with Crippen LogP contribution in [0.5, 0.6) is 0 Å². The highest BCUT2D eigenvalue weighted by Crippen LogP contribution is 2.17. The molecule has 0 spiro atoms. The fourth-order valence-electron chi connectivity index (χ4n) is 2.40. The molecular formula is C12H22N2O2S. The SMILES string of the molecule is CN(CC1CCOCC1)C(=O)C1CSCCN1. The van der Waals surface area contributed by atoms with E-state index in [-0.39, 0.29) is 11.9 Å². The van der Waals surface area contributed by atoms with Crippen molar-refractivity contribution >= 4 is 17.7 Å². The number of rotatable bonds is 3. The van der Waals surface area contributed by atoms with Crippen LogP contribution in [-0.2, 0) is 9.53 Å². The highest BCUT2D eigenvalue weighted by molar-refractivity contribution is 7.99. The molecule has 1 N–H and O–H groups in total. The molecule has 1 unspecified atom stereocenters. The van der Waals surface area contributed by atoms with Gasteiger partial charge in [-0.3, -0.25) is 4.79 Å². The number of thioether (sulfide) groups is 1. The first-order chi connectivity index (χ1) is 8.27. The molecule has 1 atom stereocenters. The van der Waals surface area contributed by atoms with Crippen LogP contribution in [0.2, 0.25) is 0 Å². The normalized spacial score (nSPS) is 26.8. The molecule has 0 aromatic heterocycles. The summed E-state index contributed by atoms with van der Waals surface area (Å²) in [4.78, 5) is 14.1. The first-order valence-electron chi connectivity index (χ1n) is 6.41. The molecule has 0 bridgehead atoms. The van der Waals surface area contributed by atoms with E-state index >= 15 is 0 Å². The molecule has 17 heavy (non-hydrogen) atoms. The minimum absolute atomic E-state index is 0.0265. The summed E-state index contributed by atoms with van der Waals surface area (Å²) in [5, 5.41) is 3.30. The minimum Gasteiger partial charge on any atom is -0.381 e. The Balaban J connectivity index is 1.77. The molecule has 2 aliphatic heterocycles. The summed E-state index contributed by atoms with van der Waals surface area (Å²) < 4.78 is 5.34. The summed E-state index contributed by atoms with van der Waals surface area (Å²) in [6.07, 6.45) is 2.18. The van der Waals surface area contributed by atoms with Gasteiger partial charge in [-0.15, -0.1) is 0 Å². The first kappa shape index (κ1) is 13.2. The van der Waals surface area contributed by atoms with Gasteiger partial charge in [0.1, 0.15) is 0 Å². The van der Waals surface area contributed by atoms with Gasteiger partial charge in [-0.1, -0.05) is 0 Å². The van der Waals surface area contributed by atoms with Crippen LogP contribution in [0, 0.1) is 5.92 Å². The Morgan fingerprint density at radius 1 is 1.47 bits per heavy atom. The van der Waals surface area contributed by atoms with E-state index in [9.17, 15) is 4.79 Å². The molecule has 0 radical (unpaired) electrons. The van der Waals surface area contributed by atoms with Crippen LogP contribution in [0.15, 0.2) is 0 Å². The van der Waals surface area contributed by atoms with Gasteiger partial charge >= 0.3 is 0 Å². The molecule has 0 saturated carbocycles. The predicted molar refractivity (Wildman–Crippen MR) is 70.3 cm³/mol. The number of hydrogen-bond acceptors (Lipinski definition) is 4. The predicted octanol–water partition coefficient (Wildman–Crippen LogP) is 0.576. The Hall–Kier alpha value is -0.260. The summed E-state index contributed by atoms with van der Waals surface area (Å²) >= 11 is 1.86. The van der Waals surface area contributed by atoms with Gasteiger partial charge in [0.2, 0.25) is 5.91 Å². The van der Waals surface area contributed by atoms with E-state index in [1.165, 1.54) is 0 Å². The molecule has 4 nitrogen and oxygen atoms in total. The summed E-state index contributed by atoms with van der Waals surface area (Å²) in [6.45, 7) is 3.53. The van der Waals surface area contributed by atoms with Gasteiger partial charge in [-0.25, -0.2) is 0 Å². The molecule has 5 heteroatoms. The van der Waals surface area contributed by atoms with E-state index < -0.39 is 0 Å². The number of nitrogens with one attached hydrogen (secondary N) is 1. The van der Waals surface area contributed by atoms with Crippen LogP contribution >= 0.6 is 11.8 Å². The van der Waals surface area contributed by atoms with Crippen LogP contribution in [0.25, 0.3) is 0 Å². The van der Waals surface area contributed by atoms with Gasteiger partial charge < -0.3 is 15.0 Å². The topological polar surface area (TPSA) is 41.6 Å². The van der Waals surface area contributed by atoms with Gasteiger partial charge in [0.25, 0.3) is 0 Å². The molecule has 0 aromatic rings. The molecule has 2 fully saturated rings. The van der Waals surface area contributed by atoms with Crippen molar-refractivity contribution in [3.05, 3.63) is 0 Å². The number of ether oxygens (including phenoxy) is 1. The molecule has 98 valence electrons. The first-order valence-corrected chi connectivity index (χ1v) is 7.56. The smallest absolute Gasteiger partial charge is 0.240 e. The number of hydrogen-bond donors (Lipinski definition) is 1. The van der Waals surface area contributed by atoms with E-state index in [2.05, 4.69) is 5.32 Å². The van der Waals surface area contributed by atoms with Gasteiger partial charge in [-0.2, -0.15) is 11.8 Å². The van der Waals surface area contributed by atoms with E-state index in [4.69, 9.17) is 4.74 Å². The molecule has 2 rings (SSSR count). The Morgan fingerprint density at radius 2 is 2.24 bits per heavy atom. The zero-order valence-corrected chi connectivity index (χ0v) is 11.3. The van der Waals surface area contributed by atoms with Crippen molar-refractivity contribution in [2.45, 2.75) is 18.9 Å².